The standard InChI is InChI=1S/C11H12ClNO4/c1-6(4-10(15)16)13-11(17)8-3-2-7(12)5-9(8)14/h2-3,5-6,14H,4H2,1H3,(H,13,17)(H,15,16). The molecule has 3 N–H and O–H groups in total. The Hall–Kier alpha value is -1.75. The van der Waals surface area contributed by atoms with E-state index in [1.165, 1.54) is 18.2 Å². The van der Waals surface area contributed by atoms with Gasteiger partial charge in [-0.3, -0.25) is 9.59 Å². The summed E-state index contributed by atoms with van der Waals surface area (Å²) in [6.45, 7) is 1.57. The van der Waals surface area contributed by atoms with E-state index in [9.17, 15) is 14.7 Å². The zero-order valence-corrected chi connectivity index (χ0v) is 9.86. The van der Waals surface area contributed by atoms with E-state index >= 15 is 0 Å². The van der Waals surface area contributed by atoms with Gasteiger partial charge in [0.05, 0.1) is 12.0 Å². The van der Waals surface area contributed by atoms with Crippen molar-refractivity contribution in [3.63, 3.8) is 0 Å². The minimum atomic E-state index is -1.00. The lowest BCUT2D eigenvalue weighted by molar-refractivity contribution is -0.137. The van der Waals surface area contributed by atoms with Gasteiger partial charge >= 0.3 is 5.97 Å². The molecule has 0 fully saturated rings. The number of hydrogen-bond acceptors (Lipinski definition) is 3. The maximum absolute atomic E-state index is 11.7. The molecule has 0 aliphatic carbocycles. The number of carboxylic acids is 1. The van der Waals surface area contributed by atoms with E-state index in [2.05, 4.69) is 5.32 Å². The molecule has 5 nitrogen and oxygen atoms in total. The van der Waals surface area contributed by atoms with Crippen LogP contribution in [-0.4, -0.2) is 28.1 Å². The monoisotopic (exact) mass is 257 g/mol. The SMILES string of the molecule is CC(CC(=O)O)NC(=O)c1ccc(Cl)cc1O. The highest BCUT2D eigenvalue weighted by molar-refractivity contribution is 6.30. The van der Waals surface area contributed by atoms with Crippen molar-refractivity contribution < 1.29 is 19.8 Å². The first-order valence-corrected chi connectivity index (χ1v) is 5.29. The fourth-order valence-corrected chi connectivity index (χ4v) is 1.48. The molecule has 0 aromatic heterocycles. The van der Waals surface area contributed by atoms with Gasteiger partial charge in [-0.1, -0.05) is 11.6 Å². The predicted octanol–water partition coefficient (Wildman–Crippen LogP) is 1.64. The number of hydrogen-bond donors (Lipinski definition) is 3. The number of carbonyl (C=O) groups excluding carboxylic acids is 1. The van der Waals surface area contributed by atoms with Crippen LogP contribution in [0.4, 0.5) is 0 Å². The highest BCUT2D eigenvalue weighted by Crippen LogP contribution is 2.21. The fraction of sp³-hybridized carbons (Fsp3) is 0.273. The van der Waals surface area contributed by atoms with Crippen LogP contribution in [0, 0.1) is 0 Å². The van der Waals surface area contributed by atoms with Crippen LogP contribution >= 0.6 is 11.6 Å². The van der Waals surface area contributed by atoms with Crippen molar-refractivity contribution >= 4 is 23.5 Å². The van der Waals surface area contributed by atoms with Gasteiger partial charge in [0, 0.05) is 11.1 Å². The van der Waals surface area contributed by atoms with Gasteiger partial charge in [0.2, 0.25) is 0 Å². The maximum Gasteiger partial charge on any atom is 0.305 e. The number of phenols is 1. The van der Waals surface area contributed by atoms with Crippen molar-refractivity contribution in [2.24, 2.45) is 0 Å². The summed E-state index contributed by atoms with van der Waals surface area (Å²) < 4.78 is 0. The number of carboxylic acid groups (broad SMARTS) is 1. The third-order valence-corrected chi connectivity index (χ3v) is 2.30. The summed E-state index contributed by atoms with van der Waals surface area (Å²) in [7, 11) is 0. The van der Waals surface area contributed by atoms with Crippen LogP contribution < -0.4 is 5.32 Å². The van der Waals surface area contributed by atoms with Crippen molar-refractivity contribution in [1.29, 1.82) is 0 Å². The normalized spacial score (nSPS) is 11.9. The average molecular weight is 258 g/mol. The van der Waals surface area contributed by atoms with Crippen LogP contribution in [-0.2, 0) is 4.79 Å². The molecule has 0 radical (unpaired) electrons. The molecule has 1 amide bonds. The fourth-order valence-electron chi connectivity index (χ4n) is 1.31. The van der Waals surface area contributed by atoms with Crippen molar-refractivity contribution in [2.45, 2.75) is 19.4 Å². The van der Waals surface area contributed by atoms with Crippen LogP contribution in [0.25, 0.3) is 0 Å². The van der Waals surface area contributed by atoms with E-state index < -0.39 is 17.9 Å². The summed E-state index contributed by atoms with van der Waals surface area (Å²) in [5.74, 6) is -1.77. The van der Waals surface area contributed by atoms with Crippen molar-refractivity contribution in [3.8, 4) is 5.75 Å². The van der Waals surface area contributed by atoms with Gasteiger partial charge in [-0.15, -0.1) is 0 Å². The molecule has 1 aromatic rings. The summed E-state index contributed by atoms with van der Waals surface area (Å²) in [4.78, 5) is 22.1. The number of amides is 1. The predicted molar refractivity (Wildman–Crippen MR) is 62.3 cm³/mol. The second-order valence-corrected chi connectivity index (χ2v) is 4.07. The number of phenolic OH excluding ortho intramolecular Hbond substituents is 1. The highest BCUT2D eigenvalue weighted by atomic mass is 35.5. The molecule has 0 saturated carbocycles. The van der Waals surface area contributed by atoms with Gasteiger partial charge in [0.25, 0.3) is 5.91 Å². The number of nitrogens with one attached hydrogen (secondary N) is 1. The molecule has 1 aromatic carbocycles. The lowest BCUT2D eigenvalue weighted by Gasteiger charge is -2.12. The molecule has 0 heterocycles. The highest BCUT2D eigenvalue weighted by Gasteiger charge is 2.15. The summed E-state index contributed by atoms with van der Waals surface area (Å²) in [6.07, 6.45) is -0.180. The molecule has 92 valence electrons. The Labute approximate surface area is 103 Å². The molecule has 0 spiro atoms. The molecule has 17 heavy (non-hydrogen) atoms. The van der Waals surface area contributed by atoms with E-state index in [1.807, 2.05) is 0 Å². The quantitative estimate of drug-likeness (QED) is 0.765. The van der Waals surface area contributed by atoms with Crippen molar-refractivity contribution in [1.82, 2.24) is 5.32 Å². The largest absolute Gasteiger partial charge is 0.507 e. The average Bonchev–Trinajstić information content (AvgIpc) is 2.15. The Morgan fingerprint density at radius 1 is 1.47 bits per heavy atom. The van der Waals surface area contributed by atoms with Gasteiger partial charge in [0.1, 0.15) is 5.75 Å². The number of carbonyl (C=O) groups is 2. The zero-order chi connectivity index (χ0) is 13.0. The molecular formula is C11H12ClNO4. The summed E-state index contributed by atoms with van der Waals surface area (Å²) >= 11 is 5.63. The Bertz CT molecular complexity index is 447. The van der Waals surface area contributed by atoms with E-state index in [0.29, 0.717) is 5.02 Å². The van der Waals surface area contributed by atoms with Gasteiger partial charge in [-0.2, -0.15) is 0 Å². The summed E-state index contributed by atoms with van der Waals surface area (Å²) in [6, 6.07) is 3.58. The first-order valence-electron chi connectivity index (χ1n) is 4.91. The minimum Gasteiger partial charge on any atom is -0.507 e. The molecule has 1 unspecified atom stereocenters. The maximum atomic E-state index is 11.7. The number of benzene rings is 1. The van der Waals surface area contributed by atoms with E-state index in [0.717, 1.165) is 0 Å². The molecule has 0 aliphatic heterocycles. The molecule has 1 rings (SSSR count). The summed E-state index contributed by atoms with van der Waals surface area (Å²) in [5.41, 5.74) is 0.0617. The second-order valence-electron chi connectivity index (χ2n) is 3.63. The first-order chi connectivity index (χ1) is 7.90. The van der Waals surface area contributed by atoms with Crippen LogP contribution in [0.15, 0.2) is 18.2 Å². The summed E-state index contributed by atoms with van der Waals surface area (Å²) in [5, 5.41) is 20.8. The van der Waals surface area contributed by atoms with Gasteiger partial charge < -0.3 is 15.5 Å². The molecule has 6 heteroatoms. The Morgan fingerprint density at radius 3 is 2.65 bits per heavy atom. The van der Waals surface area contributed by atoms with Gasteiger partial charge in [-0.25, -0.2) is 0 Å². The Balaban J connectivity index is 2.73. The molecule has 0 aliphatic rings. The number of aliphatic carboxylic acids is 1. The van der Waals surface area contributed by atoms with E-state index in [4.69, 9.17) is 16.7 Å². The van der Waals surface area contributed by atoms with E-state index in [-0.39, 0.29) is 17.7 Å². The smallest absolute Gasteiger partial charge is 0.305 e. The first kappa shape index (κ1) is 13.3. The third kappa shape index (κ3) is 3.96. The third-order valence-electron chi connectivity index (χ3n) is 2.06. The van der Waals surface area contributed by atoms with E-state index in [1.54, 1.807) is 6.92 Å². The zero-order valence-electron chi connectivity index (χ0n) is 9.11. The van der Waals surface area contributed by atoms with Crippen LogP contribution in [0.2, 0.25) is 5.02 Å². The second kappa shape index (κ2) is 5.54. The van der Waals surface area contributed by atoms with Crippen LogP contribution in [0.1, 0.15) is 23.7 Å². The van der Waals surface area contributed by atoms with Crippen molar-refractivity contribution in [3.05, 3.63) is 28.8 Å². The number of rotatable bonds is 4. The lowest BCUT2D eigenvalue weighted by Crippen LogP contribution is -2.34. The number of aromatic hydroxyl groups is 1. The number of halogens is 1. The van der Waals surface area contributed by atoms with Crippen LogP contribution in [0.5, 0.6) is 5.75 Å². The van der Waals surface area contributed by atoms with Crippen LogP contribution in [0.3, 0.4) is 0 Å². The van der Waals surface area contributed by atoms with Crippen molar-refractivity contribution in [2.75, 3.05) is 0 Å². The molecule has 0 bridgehead atoms. The molecule has 1 atom stereocenters. The molecular weight excluding hydrogens is 246 g/mol. The van der Waals surface area contributed by atoms with Gasteiger partial charge in [0.15, 0.2) is 0 Å². The molecule has 0 saturated heterocycles. The topological polar surface area (TPSA) is 86.6 Å². The lowest BCUT2D eigenvalue weighted by atomic mass is 10.1. The Morgan fingerprint density at radius 2 is 2.12 bits per heavy atom. The van der Waals surface area contributed by atoms with Gasteiger partial charge in [-0.05, 0) is 25.1 Å². The minimum absolute atomic E-state index is 0.0617. The Kier molecular flexibility index (Phi) is 4.34.